The Balaban J connectivity index is 1.33. The number of halogens is 1. The van der Waals surface area contributed by atoms with Crippen molar-refractivity contribution >= 4 is 21.6 Å². The number of benzene rings is 2. The monoisotopic (exact) mass is 474 g/mol. The number of rotatable bonds is 5. The summed E-state index contributed by atoms with van der Waals surface area (Å²) < 4.78 is 40.6. The van der Waals surface area contributed by atoms with Crippen LogP contribution in [0.3, 0.4) is 0 Å². The van der Waals surface area contributed by atoms with Crippen molar-refractivity contribution in [2.45, 2.75) is 24.3 Å². The van der Waals surface area contributed by atoms with Crippen molar-refractivity contribution < 1.29 is 17.6 Å². The summed E-state index contributed by atoms with van der Waals surface area (Å²) in [5.74, 6) is -0.370. The number of piperazine rings is 1. The number of anilines is 1. The number of nitrogens with zero attached hydrogens (tertiary/aromatic N) is 4. The molecule has 0 spiro atoms. The van der Waals surface area contributed by atoms with Crippen LogP contribution in [0.2, 0.25) is 0 Å². The Morgan fingerprint density at radius 3 is 2.18 bits per heavy atom. The quantitative estimate of drug-likeness (QED) is 0.665. The molecule has 1 amide bonds. The lowest BCUT2D eigenvalue weighted by atomic mass is 10.2. The summed E-state index contributed by atoms with van der Waals surface area (Å²) in [5, 5.41) is 0. The van der Waals surface area contributed by atoms with E-state index in [1.165, 1.54) is 22.1 Å². The fraction of sp³-hybridized carbons (Fsp3) is 0.458. The molecule has 9 heteroatoms. The second-order valence-electron chi connectivity index (χ2n) is 8.57. The SMILES string of the molecule is CC(C(=O)N1CCN(c2ccccc2)CC1)N1CCCN(S(=O)(=O)c2ccc(F)cc2)CC1. The molecule has 0 bridgehead atoms. The maximum Gasteiger partial charge on any atom is 0.243 e. The Labute approximate surface area is 195 Å². The van der Waals surface area contributed by atoms with Gasteiger partial charge in [-0.1, -0.05) is 18.2 Å². The Morgan fingerprint density at radius 2 is 1.52 bits per heavy atom. The zero-order valence-corrected chi connectivity index (χ0v) is 19.8. The highest BCUT2D eigenvalue weighted by Crippen LogP contribution is 2.20. The Hall–Kier alpha value is -2.49. The van der Waals surface area contributed by atoms with Crippen molar-refractivity contribution in [1.82, 2.24) is 14.1 Å². The Kier molecular flexibility index (Phi) is 7.31. The summed E-state index contributed by atoms with van der Waals surface area (Å²) in [6.45, 7) is 6.69. The molecule has 2 saturated heterocycles. The highest BCUT2D eigenvalue weighted by molar-refractivity contribution is 7.89. The molecule has 1 unspecified atom stereocenters. The molecule has 4 rings (SSSR count). The second-order valence-corrected chi connectivity index (χ2v) is 10.5. The normalized spacial score (nSPS) is 19.8. The van der Waals surface area contributed by atoms with Crippen LogP contribution in [-0.4, -0.2) is 86.8 Å². The number of amides is 1. The van der Waals surface area contributed by atoms with Crippen LogP contribution in [0.4, 0.5) is 10.1 Å². The van der Waals surface area contributed by atoms with Gasteiger partial charge in [0.05, 0.1) is 10.9 Å². The molecule has 7 nitrogen and oxygen atoms in total. The van der Waals surface area contributed by atoms with Crippen LogP contribution >= 0.6 is 0 Å². The number of hydrogen-bond donors (Lipinski definition) is 0. The predicted octanol–water partition coefficient (Wildman–Crippen LogP) is 2.26. The number of para-hydroxylation sites is 1. The van der Waals surface area contributed by atoms with Gasteiger partial charge in [0, 0.05) is 58.0 Å². The topological polar surface area (TPSA) is 64.2 Å². The maximum atomic E-state index is 13.2. The van der Waals surface area contributed by atoms with Crippen LogP contribution in [0.15, 0.2) is 59.5 Å². The van der Waals surface area contributed by atoms with Crippen LogP contribution in [0.5, 0.6) is 0 Å². The lowest BCUT2D eigenvalue weighted by molar-refractivity contribution is -0.136. The molecule has 2 aromatic rings. The van der Waals surface area contributed by atoms with E-state index in [4.69, 9.17) is 0 Å². The van der Waals surface area contributed by atoms with Gasteiger partial charge in [0.1, 0.15) is 5.82 Å². The Morgan fingerprint density at radius 1 is 0.848 bits per heavy atom. The molecular formula is C24H31FN4O3S. The molecule has 2 aromatic carbocycles. The molecule has 0 N–H and O–H groups in total. The zero-order chi connectivity index (χ0) is 23.4. The summed E-state index contributed by atoms with van der Waals surface area (Å²) in [4.78, 5) is 19.6. The third kappa shape index (κ3) is 5.37. The number of sulfonamides is 1. The summed E-state index contributed by atoms with van der Waals surface area (Å²) in [6, 6.07) is 14.8. The summed E-state index contributed by atoms with van der Waals surface area (Å²) >= 11 is 0. The summed E-state index contributed by atoms with van der Waals surface area (Å²) in [5.41, 5.74) is 1.17. The average molecular weight is 475 g/mol. The third-order valence-electron chi connectivity index (χ3n) is 6.56. The van der Waals surface area contributed by atoms with Crippen molar-refractivity contribution in [2.75, 3.05) is 57.3 Å². The van der Waals surface area contributed by atoms with Gasteiger partial charge in [0.15, 0.2) is 0 Å². The van der Waals surface area contributed by atoms with Crippen molar-refractivity contribution in [2.24, 2.45) is 0 Å². The fourth-order valence-corrected chi connectivity index (χ4v) is 6.01. The smallest absolute Gasteiger partial charge is 0.243 e. The first-order chi connectivity index (χ1) is 15.9. The van der Waals surface area contributed by atoms with Crippen molar-refractivity contribution in [3.63, 3.8) is 0 Å². The summed E-state index contributed by atoms with van der Waals surface area (Å²) in [7, 11) is -3.69. The van der Waals surface area contributed by atoms with E-state index in [1.807, 2.05) is 30.0 Å². The first-order valence-electron chi connectivity index (χ1n) is 11.4. The largest absolute Gasteiger partial charge is 0.368 e. The molecule has 178 valence electrons. The molecular weight excluding hydrogens is 443 g/mol. The molecule has 2 heterocycles. The second kappa shape index (κ2) is 10.2. The van der Waals surface area contributed by atoms with E-state index in [1.54, 1.807) is 0 Å². The van der Waals surface area contributed by atoms with E-state index < -0.39 is 15.8 Å². The van der Waals surface area contributed by atoms with Gasteiger partial charge in [-0.25, -0.2) is 12.8 Å². The first-order valence-corrected chi connectivity index (χ1v) is 12.9. The van der Waals surface area contributed by atoms with E-state index in [9.17, 15) is 17.6 Å². The van der Waals surface area contributed by atoms with E-state index in [0.29, 0.717) is 45.7 Å². The molecule has 2 fully saturated rings. The van der Waals surface area contributed by atoms with Gasteiger partial charge in [-0.3, -0.25) is 9.69 Å². The first kappa shape index (κ1) is 23.7. The van der Waals surface area contributed by atoms with Crippen LogP contribution in [-0.2, 0) is 14.8 Å². The minimum atomic E-state index is -3.69. The molecule has 0 saturated carbocycles. The molecule has 1 atom stereocenters. The maximum absolute atomic E-state index is 13.2. The zero-order valence-electron chi connectivity index (χ0n) is 18.9. The lowest BCUT2D eigenvalue weighted by Crippen LogP contribution is -2.54. The highest BCUT2D eigenvalue weighted by atomic mass is 32.2. The number of carbonyl (C=O) groups excluding carboxylic acids is 1. The third-order valence-corrected chi connectivity index (χ3v) is 8.47. The van der Waals surface area contributed by atoms with Crippen molar-refractivity contribution in [3.8, 4) is 0 Å². The number of carbonyl (C=O) groups is 1. The van der Waals surface area contributed by atoms with Gasteiger partial charge >= 0.3 is 0 Å². The van der Waals surface area contributed by atoms with Gasteiger partial charge in [-0.05, 0) is 49.7 Å². The molecule has 0 aromatic heterocycles. The van der Waals surface area contributed by atoms with Crippen molar-refractivity contribution in [3.05, 3.63) is 60.4 Å². The fourth-order valence-electron chi connectivity index (χ4n) is 4.54. The minimum Gasteiger partial charge on any atom is -0.368 e. The van der Waals surface area contributed by atoms with Gasteiger partial charge in [-0.15, -0.1) is 0 Å². The lowest BCUT2D eigenvalue weighted by Gasteiger charge is -2.39. The Bertz CT molecular complexity index is 1040. The van der Waals surface area contributed by atoms with E-state index >= 15 is 0 Å². The molecule has 2 aliphatic rings. The standard InChI is InChI=1S/C24H31FN4O3S/c1-20(24(30)28-16-14-27(15-17-28)22-6-3-2-4-7-22)26-12-5-13-29(19-18-26)33(31,32)23-10-8-21(25)9-11-23/h2-4,6-11,20H,5,12-19H2,1H3. The average Bonchev–Trinajstić information content (AvgIpc) is 3.11. The van der Waals surface area contributed by atoms with Crippen LogP contribution in [0, 0.1) is 5.82 Å². The van der Waals surface area contributed by atoms with E-state index in [0.717, 1.165) is 25.2 Å². The molecule has 0 aliphatic carbocycles. The van der Waals surface area contributed by atoms with Crippen molar-refractivity contribution in [1.29, 1.82) is 0 Å². The van der Waals surface area contributed by atoms with E-state index in [2.05, 4.69) is 21.9 Å². The molecule has 0 radical (unpaired) electrons. The molecule has 2 aliphatic heterocycles. The van der Waals surface area contributed by atoms with Gasteiger partial charge in [0.2, 0.25) is 15.9 Å². The summed E-state index contributed by atoms with van der Waals surface area (Å²) in [6.07, 6.45) is 0.639. The minimum absolute atomic E-state index is 0.0950. The van der Waals surface area contributed by atoms with Crippen LogP contribution < -0.4 is 4.90 Å². The molecule has 33 heavy (non-hydrogen) atoms. The highest BCUT2D eigenvalue weighted by Gasteiger charge is 2.32. The number of hydrogen-bond acceptors (Lipinski definition) is 5. The van der Waals surface area contributed by atoms with E-state index in [-0.39, 0.29) is 16.8 Å². The van der Waals surface area contributed by atoms with Gasteiger partial charge in [0.25, 0.3) is 0 Å². The predicted molar refractivity (Wildman–Crippen MR) is 126 cm³/mol. The van der Waals surface area contributed by atoms with Crippen LogP contribution in [0.25, 0.3) is 0 Å². The van der Waals surface area contributed by atoms with Crippen LogP contribution in [0.1, 0.15) is 13.3 Å². The van der Waals surface area contributed by atoms with Gasteiger partial charge < -0.3 is 9.80 Å². The van der Waals surface area contributed by atoms with Gasteiger partial charge in [-0.2, -0.15) is 4.31 Å².